The summed E-state index contributed by atoms with van der Waals surface area (Å²) in [6.07, 6.45) is 2.28. The van der Waals surface area contributed by atoms with Crippen LogP contribution in [-0.4, -0.2) is 37.5 Å². The third-order valence-corrected chi connectivity index (χ3v) is 4.79. The molecule has 0 bridgehead atoms. The van der Waals surface area contributed by atoms with Gasteiger partial charge in [0.2, 0.25) is 15.9 Å². The van der Waals surface area contributed by atoms with Crippen LogP contribution in [0.2, 0.25) is 10.0 Å². The number of anilines is 1. The molecule has 0 aromatic heterocycles. The Morgan fingerprint density at radius 2 is 1.90 bits per heavy atom. The monoisotopic (exact) mass is 336 g/mol. The molecule has 1 aliphatic rings. The lowest BCUT2D eigenvalue weighted by atomic mass is 10.2. The van der Waals surface area contributed by atoms with E-state index < -0.39 is 16.1 Å². The Kier molecular flexibility index (Phi) is 4.59. The molecule has 0 aliphatic carbocycles. The van der Waals surface area contributed by atoms with Crippen molar-refractivity contribution in [2.24, 2.45) is 0 Å². The zero-order valence-electron chi connectivity index (χ0n) is 10.8. The largest absolute Gasteiger partial charge is 0.325 e. The zero-order chi connectivity index (χ0) is 14.9. The fraction of sp³-hybridized carbons (Fsp3) is 0.417. The molecule has 1 fully saturated rings. The molecular weight excluding hydrogens is 323 g/mol. The third-order valence-electron chi connectivity index (χ3n) is 3.06. The van der Waals surface area contributed by atoms with E-state index in [0.29, 0.717) is 35.1 Å². The maximum atomic E-state index is 12.2. The van der Waals surface area contributed by atoms with Crippen molar-refractivity contribution < 1.29 is 13.2 Å². The average Bonchev–Trinajstić information content (AvgIpc) is 2.75. The number of rotatable bonds is 3. The summed E-state index contributed by atoms with van der Waals surface area (Å²) < 4.78 is 24.4. The molecule has 1 saturated heterocycles. The van der Waals surface area contributed by atoms with Crippen molar-refractivity contribution in [1.82, 2.24) is 4.31 Å². The molecule has 1 unspecified atom stereocenters. The van der Waals surface area contributed by atoms with Gasteiger partial charge in [-0.05, 0) is 31.0 Å². The van der Waals surface area contributed by atoms with Crippen LogP contribution in [0.5, 0.6) is 0 Å². The number of nitrogens with one attached hydrogen (secondary N) is 1. The van der Waals surface area contributed by atoms with Gasteiger partial charge in [0.25, 0.3) is 0 Å². The molecule has 20 heavy (non-hydrogen) atoms. The minimum absolute atomic E-state index is 0.368. The van der Waals surface area contributed by atoms with Gasteiger partial charge in [-0.2, -0.15) is 4.31 Å². The van der Waals surface area contributed by atoms with Crippen molar-refractivity contribution in [2.75, 3.05) is 18.1 Å². The number of hydrogen-bond acceptors (Lipinski definition) is 3. The number of halogens is 2. The molecule has 1 amide bonds. The fourth-order valence-corrected chi connectivity index (χ4v) is 3.90. The lowest BCUT2D eigenvalue weighted by molar-refractivity contribution is -0.119. The van der Waals surface area contributed by atoms with Crippen molar-refractivity contribution in [2.45, 2.75) is 18.9 Å². The summed E-state index contributed by atoms with van der Waals surface area (Å²) in [5, 5.41) is 3.46. The van der Waals surface area contributed by atoms with Gasteiger partial charge in [-0.15, -0.1) is 0 Å². The zero-order valence-corrected chi connectivity index (χ0v) is 13.1. The summed E-state index contributed by atoms with van der Waals surface area (Å²) in [6.45, 7) is 0.368. The van der Waals surface area contributed by atoms with Gasteiger partial charge in [0.15, 0.2) is 0 Å². The van der Waals surface area contributed by atoms with E-state index in [1.807, 2.05) is 0 Å². The smallest absolute Gasteiger partial charge is 0.242 e. The van der Waals surface area contributed by atoms with E-state index in [1.54, 1.807) is 18.2 Å². The number of benzene rings is 1. The van der Waals surface area contributed by atoms with Crippen molar-refractivity contribution >= 4 is 44.8 Å². The Hall–Kier alpha value is -0.820. The highest BCUT2D eigenvalue weighted by atomic mass is 35.5. The highest BCUT2D eigenvalue weighted by Crippen LogP contribution is 2.25. The SMILES string of the molecule is CS(=O)(=O)N1CCCC1C(=O)Nc1cc(Cl)cc(Cl)c1. The lowest BCUT2D eigenvalue weighted by Gasteiger charge is -2.21. The first kappa shape index (κ1) is 15.6. The molecule has 5 nitrogen and oxygen atoms in total. The molecule has 1 N–H and O–H groups in total. The first-order chi connectivity index (χ1) is 9.27. The van der Waals surface area contributed by atoms with Crippen molar-refractivity contribution in [3.63, 3.8) is 0 Å². The van der Waals surface area contributed by atoms with Gasteiger partial charge in [-0.1, -0.05) is 23.2 Å². The van der Waals surface area contributed by atoms with Crippen LogP contribution in [0.15, 0.2) is 18.2 Å². The first-order valence-corrected chi connectivity index (χ1v) is 8.61. The summed E-state index contributed by atoms with van der Waals surface area (Å²) in [5.74, 6) is -0.369. The molecule has 0 saturated carbocycles. The van der Waals surface area contributed by atoms with Crippen LogP contribution in [-0.2, 0) is 14.8 Å². The molecule has 1 aromatic rings. The Labute approximate surface area is 127 Å². The third kappa shape index (κ3) is 3.63. The van der Waals surface area contributed by atoms with Crippen LogP contribution in [0.4, 0.5) is 5.69 Å². The van der Waals surface area contributed by atoms with Crippen LogP contribution in [0.3, 0.4) is 0 Å². The first-order valence-electron chi connectivity index (χ1n) is 6.01. The summed E-state index contributed by atoms with van der Waals surface area (Å²) >= 11 is 11.7. The molecular formula is C12H14Cl2N2O3S. The summed E-state index contributed by atoms with van der Waals surface area (Å²) in [6, 6.07) is 4.00. The maximum Gasteiger partial charge on any atom is 0.242 e. The van der Waals surface area contributed by atoms with Crippen molar-refractivity contribution in [3.05, 3.63) is 28.2 Å². The molecule has 1 atom stereocenters. The Bertz CT molecular complexity index is 613. The number of amides is 1. The lowest BCUT2D eigenvalue weighted by Crippen LogP contribution is -2.42. The van der Waals surface area contributed by atoms with Crippen LogP contribution < -0.4 is 5.32 Å². The van der Waals surface area contributed by atoms with Gasteiger partial charge in [0.1, 0.15) is 6.04 Å². The standard InChI is InChI=1S/C12H14Cl2N2O3S/c1-20(18,19)16-4-2-3-11(16)12(17)15-10-6-8(13)5-9(14)7-10/h5-7,11H,2-4H2,1H3,(H,15,17). The summed E-state index contributed by atoms with van der Waals surface area (Å²) in [4.78, 5) is 12.2. The van der Waals surface area contributed by atoms with Crippen molar-refractivity contribution in [3.8, 4) is 0 Å². The van der Waals surface area contributed by atoms with Crippen LogP contribution >= 0.6 is 23.2 Å². The molecule has 110 valence electrons. The topological polar surface area (TPSA) is 66.5 Å². The van der Waals surface area contributed by atoms with Gasteiger partial charge in [0.05, 0.1) is 6.26 Å². The van der Waals surface area contributed by atoms with Gasteiger partial charge in [0, 0.05) is 22.3 Å². The Morgan fingerprint density at radius 3 is 2.45 bits per heavy atom. The Balaban J connectivity index is 2.15. The van der Waals surface area contributed by atoms with Crippen LogP contribution in [0.25, 0.3) is 0 Å². The number of hydrogen-bond donors (Lipinski definition) is 1. The predicted molar refractivity (Wildman–Crippen MR) is 79.7 cm³/mol. The van der Waals surface area contributed by atoms with Crippen LogP contribution in [0, 0.1) is 0 Å². The molecule has 0 spiro atoms. The fourth-order valence-electron chi connectivity index (χ4n) is 2.25. The Morgan fingerprint density at radius 1 is 1.30 bits per heavy atom. The van der Waals surface area contributed by atoms with Gasteiger partial charge < -0.3 is 5.32 Å². The number of nitrogens with zero attached hydrogens (tertiary/aromatic N) is 1. The molecule has 2 rings (SSSR count). The number of sulfonamides is 1. The second kappa shape index (κ2) is 5.89. The highest BCUT2D eigenvalue weighted by Gasteiger charge is 2.36. The predicted octanol–water partition coefficient (Wildman–Crippen LogP) is 2.36. The van der Waals surface area contributed by atoms with E-state index in [0.717, 1.165) is 6.26 Å². The van der Waals surface area contributed by atoms with Crippen LogP contribution in [0.1, 0.15) is 12.8 Å². The molecule has 1 heterocycles. The van der Waals surface area contributed by atoms with Gasteiger partial charge in [-0.3, -0.25) is 4.79 Å². The minimum atomic E-state index is -3.38. The molecule has 8 heteroatoms. The highest BCUT2D eigenvalue weighted by molar-refractivity contribution is 7.88. The molecule has 1 aromatic carbocycles. The van der Waals surface area contributed by atoms with E-state index in [4.69, 9.17) is 23.2 Å². The molecule has 1 aliphatic heterocycles. The molecule has 0 radical (unpaired) electrons. The van der Waals surface area contributed by atoms with E-state index in [2.05, 4.69) is 5.32 Å². The van der Waals surface area contributed by atoms with Crippen molar-refractivity contribution in [1.29, 1.82) is 0 Å². The maximum absolute atomic E-state index is 12.2. The normalized spacial score (nSPS) is 20.1. The second-order valence-corrected chi connectivity index (χ2v) is 7.49. The summed E-state index contributed by atoms with van der Waals surface area (Å²) in [5.41, 5.74) is 0.452. The van der Waals surface area contributed by atoms with E-state index in [1.165, 1.54) is 4.31 Å². The summed E-state index contributed by atoms with van der Waals surface area (Å²) in [7, 11) is -3.38. The second-order valence-electron chi connectivity index (χ2n) is 4.68. The minimum Gasteiger partial charge on any atom is -0.325 e. The number of carbonyl (C=O) groups is 1. The quantitative estimate of drug-likeness (QED) is 0.921. The van der Waals surface area contributed by atoms with E-state index >= 15 is 0 Å². The van der Waals surface area contributed by atoms with E-state index in [-0.39, 0.29) is 5.91 Å². The number of carbonyl (C=O) groups excluding carboxylic acids is 1. The van der Waals surface area contributed by atoms with E-state index in [9.17, 15) is 13.2 Å². The average molecular weight is 337 g/mol. The van der Waals surface area contributed by atoms with Gasteiger partial charge >= 0.3 is 0 Å². The van der Waals surface area contributed by atoms with Gasteiger partial charge in [-0.25, -0.2) is 8.42 Å².